The van der Waals surface area contributed by atoms with E-state index in [1.807, 2.05) is 12.1 Å². The van der Waals surface area contributed by atoms with Crippen molar-refractivity contribution in [3.05, 3.63) is 53.2 Å². The predicted octanol–water partition coefficient (Wildman–Crippen LogP) is 3.57. The van der Waals surface area contributed by atoms with Gasteiger partial charge in [-0.05, 0) is 61.8 Å². The minimum absolute atomic E-state index is 0.0107. The zero-order chi connectivity index (χ0) is 20.1. The summed E-state index contributed by atoms with van der Waals surface area (Å²) in [5.74, 6) is 0.785. The molecule has 0 radical (unpaired) electrons. The average molecular weight is 407 g/mol. The molecule has 150 valence electrons. The molecule has 6 heteroatoms. The van der Waals surface area contributed by atoms with Gasteiger partial charge >= 0.3 is 0 Å². The Kier molecular flexibility index (Phi) is 6.36. The Bertz CT molecular complexity index is 909. The number of nitriles is 1. The van der Waals surface area contributed by atoms with Gasteiger partial charge in [0.1, 0.15) is 11.1 Å². The molecule has 29 heavy (non-hydrogen) atoms. The Morgan fingerprint density at radius 1 is 1.28 bits per heavy atom. The Morgan fingerprint density at radius 3 is 2.93 bits per heavy atom. The topological polar surface area (TPSA) is 69.0 Å². The number of aromatic nitrogens is 1. The lowest BCUT2D eigenvalue weighted by atomic mass is 9.95. The fourth-order valence-corrected chi connectivity index (χ4v) is 4.93. The molecule has 1 atom stereocenters. The van der Waals surface area contributed by atoms with E-state index in [1.165, 1.54) is 23.0 Å². The van der Waals surface area contributed by atoms with E-state index in [2.05, 4.69) is 40.6 Å². The monoisotopic (exact) mass is 406 g/mol. The number of anilines is 1. The van der Waals surface area contributed by atoms with E-state index in [-0.39, 0.29) is 5.91 Å². The number of para-hydroxylation sites is 1. The maximum atomic E-state index is 12.4. The molecule has 5 nitrogen and oxygen atoms in total. The third-order valence-corrected chi connectivity index (χ3v) is 6.71. The quantitative estimate of drug-likeness (QED) is 0.743. The van der Waals surface area contributed by atoms with Gasteiger partial charge in [-0.25, -0.2) is 4.98 Å². The minimum Gasteiger partial charge on any atom is -0.371 e. The number of hydrogen-bond acceptors (Lipinski definition) is 5. The summed E-state index contributed by atoms with van der Waals surface area (Å²) >= 11 is 1.38. The number of hydrogen-bond donors (Lipinski definition) is 1. The van der Waals surface area contributed by atoms with Gasteiger partial charge in [0.15, 0.2) is 0 Å². The van der Waals surface area contributed by atoms with Crippen LogP contribution in [0.5, 0.6) is 0 Å². The van der Waals surface area contributed by atoms with E-state index in [0.717, 1.165) is 50.9 Å². The summed E-state index contributed by atoms with van der Waals surface area (Å²) in [5.41, 5.74) is 4.15. The summed E-state index contributed by atoms with van der Waals surface area (Å²) in [4.78, 5) is 19.4. The van der Waals surface area contributed by atoms with E-state index in [1.54, 1.807) is 0 Å². The van der Waals surface area contributed by atoms with Crippen LogP contribution in [0.3, 0.4) is 0 Å². The first-order valence-electron chi connectivity index (χ1n) is 10.4. The van der Waals surface area contributed by atoms with Crippen LogP contribution in [0.4, 0.5) is 5.69 Å². The molecule has 1 saturated heterocycles. The highest BCUT2D eigenvalue weighted by atomic mass is 32.2. The molecular formula is C23H26N4OS. The second-order valence-electron chi connectivity index (χ2n) is 7.79. The lowest BCUT2D eigenvalue weighted by molar-refractivity contribution is -0.118. The molecule has 1 aromatic carbocycles. The van der Waals surface area contributed by atoms with Gasteiger partial charge in [0, 0.05) is 31.0 Å². The van der Waals surface area contributed by atoms with E-state index < -0.39 is 0 Å². The van der Waals surface area contributed by atoms with Crippen LogP contribution in [0.2, 0.25) is 0 Å². The van der Waals surface area contributed by atoms with Crippen LogP contribution in [0.15, 0.2) is 41.4 Å². The number of rotatable bonds is 6. The van der Waals surface area contributed by atoms with Crippen molar-refractivity contribution in [1.82, 2.24) is 10.3 Å². The number of fused-ring (bicyclic) bond motifs is 1. The molecule has 2 heterocycles. The Hall–Kier alpha value is -2.52. The number of pyridine rings is 1. The lowest BCUT2D eigenvalue weighted by Crippen LogP contribution is -2.32. The van der Waals surface area contributed by atoms with Gasteiger partial charge in [0.25, 0.3) is 0 Å². The number of carbonyl (C=O) groups excluding carboxylic acids is 1. The molecule has 1 aliphatic heterocycles. The summed E-state index contributed by atoms with van der Waals surface area (Å²) in [5, 5.41) is 13.2. The van der Waals surface area contributed by atoms with E-state index >= 15 is 0 Å². The fraction of sp³-hybridized carbons (Fsp3) is 0.435. The maximum absolute atomic E-state index is 12.4. The van der Waals surface area contributed by atoms with Crippen LogP contribution in [-0.4, -0.2) is 36.3 Å². The average Bonchev–Trinajstić information content (AvgIpc) is 3.25. The summed E-state index contributed by atoms with van der Waals surface area (Å²) in [7, 11) is 0. The predicted molar refractivity (Wildman–Crippen MR) is 116 cm³/mol. The lowest BCUT2D eigenvalue weighted by Gasteiger charge is -2.18. The van der Waals surface area contributed by atoms with E-state index in [9.17, 15) is 10.1 Å². The normalized spacial score (nSPS) is 18.2. The van der Waals surface area contributed by atoms with Gasteiger partial charge in [0.05, 0.1) is 11.3 Å². The number of benzene rings is 1. The number of carbonyl (C=O) groups is 1. The third kappa shape index (κ3) is 4.91. The van der Waals surface area contributed by atoms with Crippen LogP contribution in [0, 0.1) is 17.2 Å². The molecule has 1 N–H and O–H groups in total. The SMILES string of the molecule is N#Cc1cc2c(nc1SCC(=O)NCC1CCN(c3ccccc3)C1)CCCC2. The number of thioether (sulfide) groups is 1. The molecule has 2 aliphatic rings. The third-order valence-electron chi connectivity index (χ3n) is 5.72. The molecule has 1 unspecified atom stereocenters. The molecule has 1 amide bonds. The van der Waals surface area contributed by atoms with Crippen molar-refractivity contribution < 1.29 is 4.79 Å². The highest BCUT2D eigenvalue weighted by molar-refractivity contribution is 8.00. The smallest absolute Gasteiger partial charge is 0.230 e. The molecular weight excluding hydrogens is 380 g/mol. The first-order valence-corrected chi connectivity index (χ1v) is 11.3. The molecule has 0 spiro atoms. The van der Waals surface area contributed by atoms with Crippen molar-refractivity contribution in [3.63, 3.8) is 0 Å². The van der Waals surface area contributed by atoms with Crippen molar-refractivity contribution in [2.75, 3.05) is 30.3 Å². The first-order chi connectivity index (χ1) is 14.2. The summed E-state index contributed by atoms with van der Waals surface area (Å²) in [6, 6.07) is 14.6. The van der Waals surface area contributed by atoms with Gasteiger partial charge in [-0.15, -0.1) is 0 Å². The highest BCUT2D eigenvalue weighted by Gasteiger charge is 2.23. The van der Waals surface area contributed by atoms with Crippen molar-refractivity contribution in [3.8, 4) is 6.07 Å². The standard InChI is InChI=1S/C23H26N4OS/c24-13-19-12-18-6-4-5-9-21(18)26-23(19)29-16-22(28)25-14-17-10-11-27(15-17)20-7-2-1-3-8-20/h1-3,7-8,12,17H,4-6,9-11,14-16H2,(H,25,28). The summed E-state index contributed by atoms with van der Waals surface area (Å²) in [6.07, 6.45) is 5.38. The van der Waals surface area contributed by atoms with E-state index in [0.29, 0.717) is 28.8 Å². The first kappa shape index (κ1) is 19.8. The van der Waals surface area contributed by atoms with Crippen LogP contribution < -0.4 is 10.2 Å². The molecule has 1 aromatic heterocycles. The van der Waals surface area contributed by atoms with Gasteiger partial charge < -0.3 is 10.2 Å². The Balaban J connectivity index is 1.26. The number of amides is 1. The molecule has 4 rings (SSSR count). The fourth-order valence-electron chi connectivity index (χ4n) is 4.12. The van der Waals surface area contributed by atoms with Crippen molar-refractivity contribution in [2.24, 2.45) is 5.92 Å². The maximum Gasteiger partial charge on any atom is 0.230 e. The van der Waals surface area contributed by atoms with Gasteiger partial charge in [-0.3, -0.25) is 4.79 Å². The Morgan fingerprint density at radius 2 is 2.10 bits per heavy atom. The number of nitrogens with one attached hydrogen (secondary N) is 1. The minimum atomic E-state index is 0.0107. The van der Waals surface area contributed by atoms with Crippen LogP contribution >= 0.6 is 11.8 Å². The van der Waals surface area contributed by atoms with Crippen LogP contribution in [0.1, 0.15) is 36.1 Å². The van der Waals surface area contributed by atoms with E-state index in [4.69, 9.17) is 4.98 Å². The van der Waals surface area contributed by atoms with Gasteiger partial charge in [-0.2, -0.15) is 5.26 Å². The summed E-state index contributed by atoms with van der Waals surface area (Å²) < 4.78 is 0. The molecule has 2 aromatic rings. The second kappa shape index (κ2) is 9.32. The van der Waals surface area contributed by atoms with Gasteiger partial charge in [0.2, 0.25) is 5.91 Å². The number of aryl methyl sites for hydroxylation is 2. The van der Waals surface area contributed by atoms with Crippen LogP contribution in [0.25, 0.3) is 0 Å². The Labute approximate surface area is 176 Å². The van der Waals surface area contributed by atoms with Crippen molar-refractivity contribution >= 4 is 23.4 Å². The zero-order valence-electron chi connectivity index (χ0n) is 16.6. The van der Waals surface area contributed by atoms with Gasteiger partial charge in [-0.1, -0.05) is 30.0 Å². The zero-order valence-corrected chi connectivity index (χ0v) is 17.4. The second-order valence-corrected chi connectivity index (χ2v) is 8.76. The largest absolute Gasteiger partial charge is 0.371 e. The van der Waals surface area contributed by atoms with Crippen molar-refractivity contribution in [2.45, 2.75) is 37.1 Å². The number of nitrogens with zero attached hydrogens (tertiary/aromatic N) is 3. The molecule has 0 saturated carbocycles. The van der Waals surface area contributed by atoms with Crippen LogP contribution in [-0.2, 0) is 17.6 Å². The highest BCUT2D eigenvalue weighted by Crippen LogP contribution is 2.27. The molecule has 0 bridgehead atoms. The molecule has 1 fully saturated rings. The summed E-state index contributed by atoms with van der Waals surface area (Å²) in [6.45, 7) is 2.71. The molecule has 1 aliphatic carbocycles. The van der Waals surface area contributed by atoms with Crippen molar-refractivity contribution in [1.29, 1.82) is 5.26 Å².